The quantitative estimate of drug-likeness (QED) is 0.807. The molecule has 6 nitrogen and oxygen atoms in total. The van der Waals surface area contributed by atoms with E-state index in [1.165, 1.54) is 0 Å². The van der Waals surface area contributed by atoms with Gasteiger partial charge in [0.15, 0.2) is 5.65 Å². The van der Waals surface area contributed by atoms with Gasteiger partial charge in [-0.25, -0.2) is 4.98 Å². The lowest BCUT2D eigenvalue weighted by atomic mass is 10.3. The number of nitrogens with zero attached hydrogens (tertiary/aromatic N) is 4. The van der Waals surface area contributed by atoms with E-state index in [4.69, 9.17) is 17.3 Å². The molecule has 2 aromatic rings. The number of carbonyl (C=O) groups is 1. The van der Waals surface area contributed by atoms with Gasteiger partial charge in [-0.15, -0.1) is 11.6 Å². The molecule has 2 rings (SSSR count). The molecule has 0 saturated heterocycles. The maximum Gasteiger partial charge on any atom is 0.217 e. The van der Waals surface area contributed by atoms with Crippen molar-refractivity contribution in [2.24, 2.45) is 12.8 Å². The molecule has 104 valence electrons. The van der Waals surface area contributed by atoms with E-state index in [0.29, 0.717) is 31.7 Å². The van der Waals surface area contributed by atoms with E-state index in [0.717, 1.165) is 22.7 Å². The zero-order chi connectivity index (χ0) is 14.0. The number of aryl methyl sites for hydroxylation is 4. The van der Waals surface area contributed by atoms with Gasteiger partial charge in [0.05, 0.1) is 5.69 Å². The van der Waals surface area contributed by atoms with E-state index < -0.39 is 0 Å². The molecule has 0 saturated carbocycles. The number of halogens is 1. The molecular formula is C12H18ClN5O. The second-order valence-electron chi connectivity index (χ2n) is 4.57. The van der Waals surface area contributed by atoms with Gasteiger partial charge in [0.25, 0.3) is 0 Å². The Morgan fingerprint density at radius 2 is 2.21 bits per heavy atom. The highest BCUT2D eigenvalue weighted by Gasteiger charge is 2.16. The van der Waals surface area contributed by atoms with Gasteiger partial charge in [0.2, 0.25) is 5.91 Å². The van der Waals surface area contributed by atoms with E-state index in [2.05, 4.69) is 14.6 Å². The first-order valence-corrected chi connectivity index (χ1v) is 6.81. The number of primary amides is 1. The molecule has 2 heterocycles. The molecule has 0 spiro atoms. The lowest BCUT2D eigenvalue weighted by Gasteiger charge is -2.08. The van der Waals surface area contributed by atoms with Crippen molar-refractivity contribution >= 4 is 28.7 Å². The number of alkyl halides is 1. The molecular weight excluding hydrogens is 266 g/mol. The van der Waals surface area contributed by atoms with Gasteiger partial charge in [-0.05, 0) is 13.3 Å². The number of hydrogen-bond donors (Lipinski definition) is 1. The Labute approximate surface area is 116 Å². The summed E-state index contributed by atoms with van der Waals surface area (Å²) in [5, 5.41) is 4.36. The minimum Gasteiger partial charge on any atom is -0.370 e. The van der Waals surface area contributed by atoms with E-state index >= 15 is 0 Å². The summed E-state index contributed by atoms with van der Waals surface area (Å²) in [5.41, 5.74) is 7.96. The van der Waals surface area contributed by atoms with Crippen molar-refractivity contribution in [3.8, 4) is 0 Å². The van der Waals surface area contributed by atoms with Crippen molar-refractivity contribution in [3.05, 3.63) is 11.5 Å². The number of amides is 1. The third-order valence-corrected chi connectivity index (χ3v) is 3.28. The van der Waals surface area contributed by atoms with Crippen molar-refractivity contribution < 1.29 is 4.79 Å². The van der Waals surface area contributed by atoms with Gasteiger partial charge >= 0.3 is 0 Å². The Morgan fingerprint density at radius 1 is 1.47 bits per heavy atom. The van der Waals surface area contributed by atoms with Gasteiger partial charge in [-0.3, -0.25) is 9.48 Å². The van der Waals surface area contributed by atoms with Gasteiger partial charge in [-0.2, -0.15) is 5.10 Å². The monoisotopic (exact) mass is 283 g/mol. The molecule has 0 radical (unpaired) electrons. The van der Waals surface area contributed by atoms with E-state index in [1.807, 2.05) is 18.7 Å². The SMILES string of the molecule is Cc1nn(C)c2c1nc(CCCl)n2CCCC(N)=O. The molecule has 0 fully saturated rings. The molecule has 0 aliphatic carbocycles. The molecule has 1 amide bonds. The average molecular weight is 284 g/mol. The van der Waals surface area contributed by atoms with Crippen LogP contribution in [0.3, 0.4) is 0 Å². The summed E-state index contributed by atoms with van der Waals surface area (Å²) in [6.45, 7) is 2.64. The normalized spacial score (nSPS) is 11.3. The molecule has 0 aromatic carbocycles. The first-order chi connectivity index (χ1) is 9.04. The summed E-state index contributed by atoms with van der Waals surface area (Å²) in [4.78, 5) is 15.4. The van der Waals surface area contributed by atoms with Gasteiger partial charge in [-0.1, -0.05) is 0 Å². The fourth-order valence-corrected chi connectivity index (χ4v) is 2.47. The first-order valence-electron chi connectivity index (χ1n) is 6.27. The van der Waals surface area contributed by atoms with Gasteiger partial charge in [0.1, 0.15) is 11.3 Å². The average Bonchev–Trinajstić information content (AvgIpc) is 2.80. The van der Waals surface area contributed by atoms with Crippen LogP contribution in [0, 0.1) is 6.92 Å². The minimum absolute atomic E-state index is 0.281. The lowest BCUT2D eigenvalue weighted by molar-refractivity contribution is -0.118. The van der Waals surface area contributed by atoms with Crippen LogP contribution in [0.4, 0.5) is 0 Å². The van der Waals surface area contributed by atoms with Crippen molar-refractivity contribution in [1.82, 2.24) is 19.3 Å². The second-order valence-corrected chi connectivity index (χ2v) is 4.95. The van der Waals surface area contributed by atoms with Crippen LogP contribution in [0.1, 0.15) is 24.4 Å². The topological polar surface area (TPSA) is 78.7 Å². The van der Waals surface area contributed by atoms with Crippen molar-refractivity contribution in [3.63, 3.8) is 0 Å². The zero-order valence-corrected chi connectivity index (χ0v) is 11.9. The van der Waals surface area contributed by atoms with Crippen LogP contribution in [-0.2, 0) is 24.8 Å². The van der Waals surface area contributed by atoms with E-state index in [1.54, 1.807) is 0 Å². The van der Waals surface area contributed by atoms with Crippen molar-refractivity contribution in [1.29, 1.82) is 0 Å². The molecule has 2 N–H and O–H groups in total. The van der Waals surface area contributed by atoms with Gasteiger partial charge in [0, 0.05) is 32.3 Å². The largest absolute Gasteiger partial charge is 0.370 e. The third-order valence-electron chi connectivity index (χ3n) is 3.09. The number of fused-ring (bicyclic) bond motifs is 1. The van der Waals surface area contributed by atoms with Gasteiger partial charge < -0.3 is 10.3 Å². The maximum atomic E-state index is 10.8. The Kier molecular flexibility index (Phi) is 4.09. The summed E-state index contributed by atoms with van der Waals surface area (Å²) in [6, 6.07) is 0. The lowest BCUT2D eigenvalue weighted by Crippen LogP contribution is -2.13. The number of rotatable bonds is 6. The van der Waals surface area contributed by atoms with Crippen LogP contribution in [0.25, 0.3) is 11.2 Å². The molecule has 0 unspecified atom stereocenters. The number of nitrogens with two attached hydrogens (primary N) is 1. The maximum absolute atomic E-state index is 10.8. The molecule has 2 aromatic heterocycles. The standard InChI is InChI=1S/C12H18ClN5O/c1-8-11-12(17(2)16-8)18(7-3-4-9(14)19)10(15-11)5-6-13/h3-7H2,1-2H3,(H2,14,19). The van der Waals surface area contributed by atoms with E-state index in [-0.39, 0.29) is 5.91 Å². The molecule has 7 heteroatoms. The van der Waals surface area contributed by atoms with Crippen LogP contribution in [-0.4, -0.2) is 31.1 Å². The highest BCUT2D eigenvalue weighted by atomic mass is 35.5. The summed E-state index contributed by atoms with van der Waals surface area (Å²) in [6.07, 6.45) is 1.77. The molecule has 0 atom stereocenters. The Balaban J connectivity index is 2.36. The highest BCUT2D eigenvalue weighted by molar-refractivity contribution is 6.17. The predicted octanol–water partition coefficient (Wildman–Crippen LogP) is 1.13. The Hall–Kier alpha value is -1.56. The van der Waals surface area contributed by atoms with Crippen molar-refractivity contribution in [2.45, 2.75) is 32.7 Å². The molecule has 0 aliphatic rings. The van der Waals surface area contributed by atoms with Crippen molar-refractivity contribution in [2.75, 3.05) is 5.88 Å². The fraction of sp³-hybridized carbons (Fsp3) is 0.583. The number of aromatic nitrogens is 4. The number of carbonyl (C=O) groups excluding carboxylic acids is 1. The highest BCUT2D eigenvalue weighted by Crippen LogP contribution is 2.20. The smallest absolute Gasteiger partial charge is 0.217 e. The van der Waals surface area contributed by atoms with E-state index in [9.17, 15) is 4.79 Å². The molecule has 0 bridgehead atoms. The second kappa shape index (κ2) is 5.61. The Bertz CT molecular complexity index is 601. The van der Waals surface area contributed by atoms with Crippen LogP contribution in [0.5, 0.6) is 0 Å². The number of hydrogen-bond acceptors (Lipinski definition) is 3. The molecule has 19 heavy (non-hydrogen) atoms. The third kappa shape index (κ3) is 2.73. The first kappa shape index (κ1) is 13.9. The summed E-state index contributed by atoms with van der Waals surface area (Å²) in [5.74, 6) is 1.17. The molecule has 0 aliphatic heterocycles. The summed E-state index contributed by atoms with van der Waals surface area (Å²) < 4.78 is 3.90. The zero-order valence-electron chi connectivity index (χ0n) is 11.2. The fourth-order valence-electron chi connectivity index (χ4n) is 2.30. The Morgan fingerprint density at radius 3 is 2.84 bits per heavy atom. The van der Waals surface area contributed by atoms with Crippen LogP contribution < -0.4 is 5.73 Å². The van der Waals surface area contributed by atoms with Crippen LogP contribution in [0.2, 0.25) is 0 Å². The summed E-state index contributed by atoms with van der Waals surface area (Å²) in [7, 11) is 1.89. The summed E-state index contributed by atoms with van der Waals surface area (Å²) >= 11 is 5.82. The minimum atomic E-state index is -0.281. The predicted molar refractivity (Wildman–Crippen MR) is 74.1 cm³/mol. The number of imidazole rings is 1. The van der Waals surface area contributed by atoms with Crippen LogP contribution >= 0.6 is 11.6 Å². The van der Waals surface area contributed by atoms with Crippen LogP contribution in [0.15, 0.2) is 0 Å².